The van der Waals surface area contributed by atoms with E-state index >= 15 is 0 Å². The van der Waals surface area contributed by atoms with Gasteiger partial charge in [0.1, 0.15) is 0 Å². The van der Waals surface area contributed by atoms with Gasteiger partial charge in [0.05, 0.1) is 17.5 Å². The minimum atomic E-state index is -4.43. The lowest BCUT2D eigenvalue weighted by molar-refractivity contribution is -0.137. The van der Waals surface area contributed by atoms with E-state index in [4.69, 9.17) is 0 Å². The molecule has 0 spiro atoms. The number of halogens is 4. The molecule has 32 heavy (non-hydrogen) atoms. The normalized spacial score (nSPS) is 11.8. The quantitative estimate of drug-likeness (QED) is 0.369. The number of phenolic OH excluding ortho intramolecular Hbond substituents is 1. The number of amides is 1. The van der Waals surface area contributed by atoms with E-state index in [-0.39, 0.29) is 5.56 Å². The van der Waals surface area contributed by atoms with E-state index in [2.05, 4.69) is 5.32 Å². The van der Waals surface area contributed by atoms with E-state index in [1.165, 1.54) is 24.3 Å². The van der Waals surface area contributed by atoms with Gasteiger partial charge in [0.15, 0.2) is 11.6 Å². The van der Waals surface area contributed by atoms with Crippen molar-refractivity contribution in [3.05, 3.63) is 77.6 Å². The number of carbonyl (C=O) groups is 1. The van der Waals surface area contributed by atoms with Crippen LogP contribution in [-0.2, 0) is 16.2 Å². The van der Waals surface area contributed by atoms with Gasteiger partial charge in [-0.3, -0.25) is 9.52 Å². The predicted molar refractivity (Wildman–Crippen MR) is 111 cm³/mol. The average molecular weight is 468 g/mol. The van der Waals surface area contributed by atoms with Gasteiger partial charge in [0, 0.05) is 11.3 Å². The van der Waals surface area contributed by atoms with Crippen LogP contribution in [0.4, 0.5) is 28.9 Å². The Hall–Kier alpha value is -3.60. The lowest BCUT2D eigenvalue weighted by atomic mass is 10.0. The zero-order valence-electron chi connectivity index (χ0n) is 16.4. The summed E-state index contributed by atoms with van der Waals surface area (Å²) in [7, 11) is -3.83. The highest BCUT2D eigenvalue weighted by molar-refractivity contribution is 7.92. The molecule has 0 aromatic heterocycles. The fourth-order valence-corrected chi connectivity index (χ4v) is 3.36. The molecule has 0 saturated carbocycles. The summed E-state index contributed by atoms with van der Waals surface area (Å²) >= 11 is 0. The number of carbonyl (C=O) groups excluding carboxylic acids is 1. The minimum Gasteiger partial charge on any atom is -0.503 e. The van der Waals surface area contributed by atoms with E-state index < -0.39 is 44.9 Å². The number of anilines is 2. The molecule has 0 fully saturated rings. The maximum absolute atomic E-state index is 13.9. The first-order chi connectivity index (χ1) is 14.8. The van der Waals surface area contributed by atoms with Gasteiger partial charge >= 0.3 is 6.18 Å². The summed E-state index contributed by atoms with van der Waals surface area (Å²) in [5, 5.41) is 12.2. The highest BCUT2D eigenvalue weighted by Gasteiger charge is 2.30. The molecule has 0 atom stereocenters. The SMILES string of the molecule is CS(=O)(=O)Nc1cc(C(=O)Nc2ccc(-c3ccc(C(F)(F)F)cc3)cc2)cc(F)c1O. The van der Waals surface area contributed by atoms with Crippen LogP contribution >= 0.6 is 0 Å². The Morgan fingerprint density at radius 2 is 1.47 bits per heavy atom. The first kappa shape index (κ1) is 23.1. The number of benzene rings is 3. The summed E-state index contributed by atoms with van der Waals surface area (Å²) in [5.41, 5.74) is -0.0682. The number of nitrogens with one attached hydrogen (secondary N) is 2. The van der Waals surface area contributed by atoms with Crippen LogP contribution < -0.4 is 10.0 Å². The van der Waals surface area contributed by atoms with Crippen molar-refractivity contribution in [1.29, 1.82) is 0 Å². The van der Waals surface area contributed by atoms with E-state index in [0.29, 0.717) is 16.8 Å². The van der Waals surface area contributed by atoms with Crippen LogP contribution in [0, 0.1) is 5.82 Å². The third-order valence-electron chi connectivity index (χ3n) is 4.31. The van der Waals surface area contributed by atoms with E-state index in [1.807, 2.05) is 4.72 Å². The van der Waals surface area contributed by atoms with Crippen molar-refractivity contribution >= 4 is 27.3 Å². The largest absolute Gasteiger partial charge is 0.503 e. The molecule has 6 nitrogen and oxygen atoms in total. The maximum Gasteiger partial charge on any atom is 0.416 e. The topological polar surface area (TPSA) is 95.5 Å². The molecule has 0 aliphatic heterocycles. The van der Waals surface area contributed by atoms with Gasteiger partial charge in [-0.25, -0.2) is 12.8 Å². The molecule has 0 aliphatic rings. The van der Waals surface area contributed by atoms with Crippen LogP contribution in [-0.4, -0.2) is 25.7 Å². The van der Waals surface area contributed by atoms with Gasteiger partial charge in [0.2, 0.25) is 10.0 Å². The minimum absolute atomic E-state index is 0.252. The van der Waals surface area contributed by atoms with Crippen LogP contribution in [0.15, 0.2) is 60.7 Å². The maximum atomic E-state index is 13.9. The average Bonchev–Trinajstić information content (AvgIpc) is 2.70. The molecular weight excluding hydrogens is 452 g/mol. The van der Waals surface area contributed by atoms with Crippen molar-refractivity contribution in [1.82, 2.24) is 0 Å². The first-order valence-corrected chi connectivity index (χ1v) is 10.8. The number of sulfonamides is 1. The van der Waals surface area contributed by atoms with Crippen LogP contribution in [0.25, 0.3) is 11.1 Å². The number of hydrogen-bond acceptors (Lipinski definition) is 4. The zero-order chi connectivity index (χ0) is 23.7. The zero-order valence-corrected chi connectivity index (χ0v) is 17.2. The Labute approximate surface area is 180 Å². The summed E-state index contributed by atoms with van der Waals surface area (Å²) < 4.78 is 76.6. The molecule has 1 amide bonds. The number of phenols is 1. The molecule has 3 aromatic carbocycles. The standard InChI is InChI=1S/C21H16F4N2O4S/c1-32(30,31)27-18-11-14(10-17(22)19(18)28)20(29)26-16-8-4-13(5-9-16)12-2-6-15(7-3-12)21(23,24)25/h2-11,27-28H,1H3,(H,26,29). The van der Waals surface area contributed by atoms with Crippen LogP contribution in [0.3, 0.4) is 0 Å². The lowest BCUT2D eigenvalue weighted by Gasteiger charge is -2.11. The fourth-order valence-electron chi connectivity index (χ4n) is 2.81. The molecule has 0 heterocycles. The summed E-state index contributed by atoms with van der Waals surface area (Å²) in [6.45, 7) is 0. The van der Waals surface area contributed by atoms with Crippen LogP contribution in [0.1, 0.15) is 15.9 Å². The fraction of sp³-hybridized carbons (Fsp3) is 0.0952. The lowest BCUT2D eigenvalue weighted by Crippen LogP contribution is -2.14. The molecule has 3 rings (SSSR count). The van der Waals surface area contributed by atoms with Crippen molar-refractivity contribution in [2.75, 3.05) is 16.3 Å². The van der Waals surface area contributed by atoms with Gasteiger partial charge < -0.3 is 10.4 Å². The highest BCUT2D eigenvalue weighted by atomic mass is 32.2. The van der Waals surface area contributed by atoms with Crippen molar-refractivity contribution in [3.63, 3.8) is 0 Å². The number of hydrogen-bond donors (Lipinski definition) is 3. The van der Waals surface area contributed by atoms with Gasteiger partial charge in [-0.05, 0) is 47.5 Å². The van der Waals surface area contributed by atoms with Gasteiger partial charge in [-0.15, -0.1) is 0 Å². The van der Waals surface area contributed by atoms with Crippen molar-refractivity contribution < 1.29 is 35.9 Å². The summed E-state index contributed by atoms with van der Waals surface area (Å²) in [6.07, 6.45) is -3.63. The Bertz CT molecular complexity index is 1260. The van der Waals surface area contributed by atoms with Crippen LogP contribution in [0.2, 0.25) is 0 Å². The van der Waals surface area contributed by atoms with Gasteiger partial charge in [0.25, 0.3) is 5.91 Å². The second kappa shape index (κ2) is 8.50. The van der Waals surface area contributed by atoms with E-state index in [0.717, 1.165) is 30.5 Å². The summed E-state index contributed by atoms with van der Waals surface area (Å²) in [6, 6.07) is 12.4. The predicted octanol–water partition coefficient (Wildman–Crippen LogP) is 4.84. The molecule has 3 aromatic rings. The Morgan fingerprint density at radius 3 is 1.97 bits per heavy atom. The molecule has 0 bridgehead atoms. The van der Waals surface area contributed by atoms with Crippen molar-refractivity contribution in [2.45, 2.75) is 6.18 Å². The second-order valence-corrected chi connectivity index (χ2v) is 8.58. The molecule has 11 heteroatoms. The molecule has 0 radical (unpaired) electrons. The van der Waals surface area contributed by atoms with Crippen molar-refractivity contribution in [3.8, 4) is 16.9 Å². The smallest absolute Gasteiger partial charge is 0.416 e. The molecule has 0 saturated heterocycles. The van der Waals surface area contributed by atoms with Crippen LogP contribution in [0.5, 0.6) is 5.75 Å². The summed E-state index contributed by atoms with van der Waals surface area (Å²) in [4.78, 5) is 12.4. The molecule has 168 valence electrons. The molecule has 3 N–H and O–H groups in total. The van der Waals surface area contributed by atoms with E-state index in [1.54, 1.807) is 12.1 Å². The van der Waals surface area contributed by atoms with Crippen molar-refractivity contribution in [2.24, 2.45) is 0 Å². The van der Waals surface area contributed by atoms with Gasteiger partial charge in [-0.2, -0.15) is 13.2 Å². The Kier molecular flexibility index (Phi) is 6.13. The van der Waals surface area contributed by atoms with E-state index in [9.17, 15) is 35.9 Å². The Morgan fingerprint density at radius 1 is 0.938 bits per heavy atom. The number of rotatable bonds is 5. The van der Waals surface area contributed by atoms with Gasteiger partial charge in [-0.1, -0.05) is 24.3 Å². The monoisotopic (exact) mass is 468 g/mol. The first-order valence-electron chi connectivity index (χ1n) is 8.93. The highest BCUT2D eigenvalue weighted by Crippen LogP contribution is 2.32. The number of aromatic hydroxyl groups is 1. The third kappa shape index (κ3) is 5.55. The molecule has 0 aliphatic carbocycles. The Balaban J connectivity index is 1.78. The summed E-state index contributed by atoms with van der Waals surface area (Å²) in [5.74, 6) is -2.92. The molecule has 0 unspecified atom stereocenters. The molecular formula is C21H16F4N2O4S. The third-order valence-corrected chi connectivity index (χ3v) is 4.90. The number of alkyl halides is 3. The second-order valence-electron chi connectivity index (χ2n) is 6.84.